The Morgan fingerprint density at radius 3 is 1.81 bits per heavy atom. The number of benzene rings is 1. The Kier molecular flexibility index (Phi) is 4.47. The van der Waals surface area contributed by atoms with E-state index in [1.165, 1.54) is 0 Å². The first-order chi connectivity index (χ1) is 7.60. The lowest BCUT2D eigenvalue weighted by Gasteiger charge is -2.14. The van der Waals surface area contributed by atoms with Gasteiger partial charge in [0.15, 0.2) is 11.5 Å². The van der Waals surface area contributed by atoms with Gasteiger partial charge in [-0.15, -0.1) is 0 Å². The minimum atomic E-state index is 0.0908. The third-order valence-corrected chi connectivity index (χ3v) is 2.33. The van der Waals surface area contributed by atoms with Gasteiger partial charge in [0.2, 0.25) is 5.75 Å². The van der Waals surface area contributed by atoms with Gasteiger partial charge < -0.3 is 14.6 Å². The molecule has 0 atom stereocenters. The molecule has 1 aromatic rings. The Hall–Kier alpha value is -1.38. The summed E-state index contributed by atoms with van der Waals surface area (Å²) >= 11 is 0. The van der Waals surface area contributed by atoms with Crippen molar-refractivity contribution < 1.29 is 14.6 Å². The van der Waals surface area contributed by atoms with E-state index in [2.05, 4.69) is 13.8 Å². The maximum absolute atomic E-state index is 9.91. The van der Waals surface area contributed by atoms with Gasteiger partial charge >= 0.3 is 0 Å². The van der Waals surface area contributed by atoms with Crippen LogP contribution in [0, 0.1) is 0 Å². The summed E-state index contributed by atoms with van der Waals surface area (Å²) in [6.07, 6.45) is 0. The second kappa shape index (κ2) is 5.64. The van der Waals surface area contributed by atoms with E-state index >= 15 is 0 Å². The minimum Gasteiger partial charge on any atom is -0.502 e. The normalized spacial score (nSPS) is 10.6. The van der Waals surface area contributed by atoms with E-state index in [1.54, 1.807) is 0 Å². The van der Waals surface area contributed by atoms with E-state index < -0.39 is 0 Å². The van der Waals surface area contributed by atoms with Crippen molar-refractivity contribution in [3.63, 3.8) is 0 Å². The summed E-state index contributed by atoms with van der Waals surface area (Å²) in [5.74, 6) is 1.46. The maximum atomic E-state index is 9.91. The van der Waals surface area contributed by atoms with E-state index in [-0.39, 0.29) is 5.75 Å². The summed E-state index contributed by atoms with van der Waals surface area (Å²) in [4.78, 5) is 0. The Labute approximate surface area is 97.0 Å². The summed E-state index contributed by atoms with van der Waals surface area (Å²) < 4.78 is 10.8. The van der Waals surface area contributed by atoms with Crippen LogP contribution < -0.4 is 9.47 Å². The number of phenols is 1. The predicted molar refractivity (Wildman–Crippen MR) is 64.5 cm³/mol. The quantitative estimate of drug-likeness (QED) is 0.833. The first-order valence-electron chi connectivity index (χ1n) is 5.72. The Morgan fingerprint density at radius 1 is 1.06 bits per heavy atom. The zero-order valence-electron chi connectivity index (χ0n) is 10.4. The van der Waals surface area contributed by atoms with E-state index in [1.807, 2.05) is 26.0 Å². The number of rotatable bonds is 5. The van der Waals surface area contributed by atoms with Crippen molar-refractivity contribution in [1.29, 1.82) is 0 Å². The number of aromatic hydroxyl groups is 1. The van der Waals surface area contributed by atoms with Crippen LogP contribution in [0.2, 0.25) is 0 Å². The summed E-state index contributed by atoms with van der Waals surface area (Å²) in [6, 6.07) is 3.73. The molecule has 0 saturated heterocycles. The largest absolute Gasteiger partial charge is 0.502 e. The van der Waals surface area contributed by atoms with Crippen LogP contribution in [0.1, 0.15) is 39.2 Å². The molecule has 0 saturated carbocycles. The molecule has 0 bridgehead atoms. The molecular weight excluding hydrogens is 204 g/mol. The minimum absolute atomic E-state index is 0.0908. The lowest BCUT2D eigenvalue weighted by Crippen LogP contribution is -1.99. The third-order valence-electron chi connectivity index (χ3n) is 2.33. The first-order valence-corrected chi connectivity index (χ1v) is 5.72. The Morgan fingerprint density at radius 2 is 1.50 bits per heavy atom. The van der Waals surface area contributed by atoms with Crippen LogP contribution >= 0.6 is 0 Å². The molecule has 0 heterocycles. The molecule has 0 unspecified atom stereocenters. The molecule has 0 aliphatic rings. The highest BCUT2D eigenvalue weighted by molar-refractivity contribution is 5.53. The van der Waals surface area contributed by atoms with Gasteiger partial charge in [-0.25, -0.2) is 0 Å². The van der Waals surface area contributed by atoms with Crippen molar-refractivity contribution in [1.82, 2.24) is 0 Å². The Bertz CT molecular complexity index is 318. The van der Waals surface area contributed by atoms with Crippen LogP contribution in [-0.4, -0.2) is 18.3 Å². The zero-order chi connectivity index (χ0) is 12.1. The molecule has 16 heavy (non-hydrogen) atoms. The predicted octanol–water partition coefficient (Wildman–Crippen LogP) is 3.31. The van der Waals surface area contributed by atoms with Crippen LogP contribution in [0.25, 0.3) is 0 Å². The van der Waals surface area contributed by atoms with Crippen LogP contribution in [0.15, 0.2) is 12.1 Å². The maximum Gasteiger partial charge on any atom is 0.200 e. The monoisotopic (exact) mass is 224 g/mol. The topological polar surface area (TPSA) is 38.7 Å². The third kappa shape index (κ3) is 2.81. The molecule has 0 amide bonds. The second-order valence-electron chi connectivity index (χ2n) is 3.89. The van der Waals surface area contributed by atoms with Crippen LogP contribution in [0.3, 0.4) is 0 Å². The van der Waals surface area contributed by atoms with Crippen LogP contribution in [0.5, 0.6) is 17.2 Å². The molecule has 0 aliphatic heterocycles. The lowest BCUT2D eigenvalue weighted by molar-refractivity contribution is 0.289. The van der Waals surface area contributed by atoms with Crippen molar-refractivity contribution in [2.75, 3.05) is 13.2 Å². The highest BCUT2D eigenvalue weighted by atomic mass is 16.5. The van der Waals surface area contributed by atoms with Crippen LogP contribution in [0.4, 0.5) is 0 Å². The fourth-order valence-electron chi connectivity index (χ4n) is 1.47. The molecule has 0 aliphatic carbocycles. The van der Waals surface area contributed by atoms with Gasteiger partial charge in [0.05, 0.1) is 13.2 Å². The van der Waals surface area contributed by atoms with Crippen LogP contribution in [-0.2, 0) is 0 Å². The molecule has 1 aromatic carbocycles. The van der Waals surface area contributed by atoms with Crippen molar-refractivity contribution in [2.24, 2.45) is 0 Å². The van der Waals surface area contributed by atoms with Gasteiger partial charge in [-0.2, -0.15) is 0 Å². The fourth-order valence-corrected chi connectivity index (χ4v) is 1.47. The van der Waals surface area contributed by atoms with Gasteiger partial charge in [0.25, 0.3) is 0 Å². The van der Waals surface area contributed by atoms with Gasteiger partial charge in [-0.05, 0) is 37.5 Å². The average molecular weight is 224 g/mol. The average Bonchev–Trinajstić information content (AvgIpc) is 2.24. The molecule has 1 rings (SSSR count). The molecule has 90 valence electrons. The molecule has 1 N–H and O–H groups in total. The summed E-state index contributed by atoms with van der Waals surface area (Å²) in [5.41, 5.74) is 1.10. The molecule has 3 heteroatoms. The number of hydrogen-bond donors (Lipinski definition) is 1. The van der Waals surface area contributed by atoms with Gasteiger partial charge in [0.1, 0.15) is 0 Å². The number of phenolic OH excluding ortho intramolecular Hbond substituents is 1. The van der Waals surface area contributed by atoms with Crippen molar-refractivity contribution in [2.45, 2.75) is 33.6 Å². The molecular formula is C13H20O3. The lowest BCUT2D eigenvalue weighted by atomic mass is 10.0. The van der Waals surface area contributed by atoms with E-state index in [0.717, 1.165) is 5.56 Å². The van der Waals surface area contributed by atoms with Gasteiger partial charge in [-0.3, -0.25) is 0 Å². The first kappa shape index (κ1) is 12.7. The highest BCUT2D eigenvalue weighted by Gasteiger charge is 2.13. The smallest absolute Gasteiger partial charge is 0.200 e. The summed E-state index contributed by atoms with van der Waals surface area (Å²) in [5, 5.41) is 9.91. The number of ether oxygens (including phenoxy) is 2. The molecule has 0 aromatic heterocycles. The van der Waals surface area contributed by atoms with Gasteiger partial charge in [0, 0.05) is 0 Å². The van der Waals surface area contributed by atoms with Crippen molar-refractivity contribution in [3.05, 3.63) is 17.7 Å². The van der Waals surface area contributed by atoms with E-state index in [0.29, 0.717) is 30.6 Å². The highest BCUT2D eigenvalue weighted by Crippen LogP contribution is 2.39. The molecule has 3 nitrogen and oxygen atoms in total. The summed E-state index contributed by atoms with van der Waals surface area (Å²) in [6.45, 7) is 9.03. The van der Waals surface area contributed by atoms with E-state index in [9.17, 15) is 5.11 Å². The fraction of sp³-hybridized carbons (Fsp3) is 0.538. The second-order valence-corrected chi connectivity index (χ2v) is 3.89. The Balaban J connectivity index is 3.16. The molecule has 0 radical (unpaired) electrons. The zero-order valence-corrected chi connectivity index (χ0v) is 10.4. The van der Waals surface area contributed by atoms with Crippen molar-refractivity contribution >= 4 is 0 Å². The number of hydrogen-bond acceptors (Lipinski definition) is 3. The van der Waals surface area contributed by atoms with Gasteiger partial charge in [-0.1, -0.05) is 13.8 Å². The molecule has 0 fully saturated rings. The summed E-state index contributed by atoms with van der Waals surface area (Å²) in [7, 11) is 0. The van der Waals surface area contributed by atoms with E-state index in [4.69, 9.17) is 9.47 Å². The standard InChI is InChI=1S/C13H20O3/c1-5-15-11-7-10(9(3)4)8-12(13(11)14)16-6-2/h7-9,14H,5-6H2,1-4H3. The van der Waals surface area contributed by atoms with Crippen molar-refractivity contribution in [3.8, 4) is 17.2 Å². The SMILES string of the molecule is CCOc1cc(C(C)C)cc(OCC)c1O. The molecule has 0 spiro atoms.